The van der Waals surface area contributed by atoms with Gasteiger partial charge in [-0.15, -0.1) is 0 Å². The predicted octanol–water partition coefficient (Wildman–Crippen LogP) is 3.49. The van der Waals surface area contributed by atoms with Gasteiger partial charge >= 0.3 is 5.97 Å². The summed E-state index contributed by atoms with van der Waals surface area (Å²) in [7, 11) is 0. The predicted molar refractivity (Wildman–Crippen MR) is 79.6 cm³/mol. The number of hydrogen-bond acceptors (Lipinski definition) is 3. The van der Waals surface area contributed by atoms with Crippen molar-refractivity contribution in [2.75, 3.05) is 6.61 Å². The van der Waals surface area contributed by atoms with Crippen LogP contribution in [0.25, 0.3) is 21.7 Å². The van der Waals surface area contributed by atoms with E-state index in [0.29, 0.717) is 6.61 Å². The van der Waals surface area contributed by atoms with E-state index in [2.05, 4.69) is 11.1 Å². The maximum Gasteiger partial charge on any atom is 0.310 e. The van der Waals surface area contributed by atoms with E-state index in [1.165, 1.54) is 5.39 Å². The Kier molecular flexibility index (Phi) is 3.33. The lowest BCUT2D eigenvalue weighted by molar-refractivity contribution is -0.142. The van der Waals surface area contributed by atoms with Gasteiger partial charge in [0.2, 0.25) is 0 Å². The van der Waals surface area contributed by atoms with E-state index in [4.69, 9.17) is 4.74 Å². The van der Waals surface area contributed by atoms with E-state index in [1.54, 1.807) is 0 Å². The van der Waals surface area contributed by atoms with Crippen LogP contribution in [0.15, 0.2) is 48.7 Å². The average Bonchev–Trinajstić information content (AvgIpc) is 2.47. The Bertz CT molecular complexity index is 780. The van der Waals surface area contributed by atoms with Crippen LogP contribution in [-0.2, 0) is 16.0 Å². The summed E-state index contributed by atoms with van der Waals surface area (Å²) >= 11 is 0. The van der Waals surface area contributed by atoms with Crippen LogP contribution in [-0.4, -0.2) is 17.6 Å². The number of hydrogen-bond donors (Lipinski definition) is 0. The van der Waals surface area contributed by atoms with Gasteiger partial charge < -0.3 is 4.74 Å². The van der Waals surface area contributed by atoms with Crippen LogP contribution in [0.5, 0.6) is 0 Å². The van der Waals surface area contributed by atoms with Crippen molar-refractivity contribution in [2.45, 2.75) is 13.3 Å². The molecular weight excluding hydrogens is 250 g/mol. The molecule has 0 spiro atoms. The molecule has 0 unspecified atom stereocenters. The maximum atomic E-state index is 11.5. The van der Waals surface area contributed by atoms with Gasteiger partial charge in [-0.3, -0.25) is 9.78 Å². The van der Waals surface area contributed by atoms with E-state index in [0.717, 1.165) is 21.9 Å². The van der Waals surface area contributed by atoms with Crippen molar-refractivity contribution in [1.82, 2.24) is 4.98 Å². The molecule has 0 N–H and O–H groups in total. The summed E-state index contributed by atoms with van der Waals surface area (Å²) in [6.45, 7) is 2.22. The van der Waals surface area contributed by atoms with Crippen LogP contribution in [0.4, 0.5) is 0 Å². The second-order valence-corrected chi connectivity index (χ2v) is 4.68. The quantitative estimate of drug-likeness (QED) is 0.537. The lowest BCUT2D eigenvalue weighted by Gasteiger charge is -2.06. The minimum atomic E-state index is -0.201. The highest BCUT2D eigenvalue weighted by Gasteiger charge is 2.06. The summed E-state index contributed by atoms with van der Waals surface area (Å²) in [6, 6.07) is 14.1. The van der Waals surface area contributed by atoms with Crippen molar-refractivity contribution in [3.63, 3.8) is 0 Å². The molecule has 3 nitrogen and oxygen atoms in total. The molecule has 0 amide bonds. The Labute approximate surface area is 117 Å². The molecule has 3 rings (SSSR count). The lowest BCUT2D eigenvalue weighted by Crippen LogP contribution is -2.07. The highest BCUT2D eigenvalue weighted by Crippen LogP contribution is 2.24. The normalized spacial score (nSPS) is 10.8. The van der Waals surface area contributed by atoms with Crippen molar-refractivity contribution in [1.29, 1.82) is 0 Å². The zero-order valence-electron chi connectivity index (χ0n) is 11.3. The van der Waals surface area contributed by atoms with E-state index >= 15 is 0 Å². The Balaban J connectivity index is 2.04. The molecule has 0 fully saturated rings. The minimum Gasteiger partial charge on any atom is -0.466 e. The maximum absolute atomic E-state index is 11.5. The molecule has 2 aromatic carbocycles. The largest absolute Gasteiger partial charge is 0.466 e. The lowest BCUT2D eigenvalue weighted by atomic mass is 10.0. The van der Waals surface area contributed by atoms with E-state index in [-0.39, 0.29) is 12.4 Å². The average molecular weight is 265 g/mol. The first-order valence-corrected chi connectivity index (χ1v) is 6.70. The van der Waals surface area contributed by atoms with Crippen LogP contribution in [0, 0.1) is 0 Å². The molecule has 1 heterocycles. The van der Waals surface area contributed by atoms with Crippen molar-refractivity contribution in [3.8, 4) is 0 Å². The first kappa shape index (κ1) is 12.6. The minimum absolute atomic E-state index is 0.201. The van der Waals surface area contributed by atoms with E-state index < -0.39 is 0 Å². The summed E-state index contributed by atoms with van der Waals surface area (Å²) < 4.78 is 4.97. The van der Waals surface area contributed by atoms with E-state index in [9.17, 15) is 4.79 Å². The molecule has 0 radical (unpaired) electrons. The number of carbonyl (C=O) groups is 1. The van der Waals surface area contributed by atoms with Crippen molar-refractivity contribution in [2.24, 2.45) is 0 Å². The Hall–Kier alpha value is -2.42. The summed E-state index contributed by atoms with van der Waals surface area (Å²) in [4.78, 5) is 16.0. The summed E-state index contributed by atoms with van der Waals surface area (Å²) in [5, 5.41) is 3.41. The van der Waals surface area contributed by atoms with Crippen LogP contribution in [0.3, 0.4) is 0 Å². The fourth-order valence-electron chi connectivity index (χ4n) is 2.39. The third kappa shape index (κ3) is 2.35. The van der Waals surface area contributed by atoms with E-state index in [1.807, 2.05) is 49.5 Å². The molecule has 0 saturated heterocycles. The van der Waals surface area contributed by atoms with Crippen LogP contribution in [0.2, 0.25) is 0 Å². The van der Waals surface area contributed by atoms with Gasteiger partial charge in [-0.1, -0.05) is 36.4 Å². The van der Waals surface area contributed by atoms with Gasteiger partial charge in [0.05, 0.1) is 18.5 Å². The number of benzene rings is 2. The van der Waals surface area contributed by atoms with Gasteiger partial charge in [-0.25, -0.2) is 0 Å². The van der Waals surface area contributed by atoms with Crippen molar-refractivity contribution < 1.29 is 9.53 Å². The van der Waals surface area contributed by atoms with Gasteiger partial charge in [0.15, 0.2) is 0 Å². The molecule has 0 bridgehead atoms. The molecule has 0 saturated carbocycles. The highest BCUT2D eigenvalue weighted by atomic mass is 16.5. The zero-order valence-corrected chi connectivity index (χ0v) is 11.3. The number of carbonyl (C=O) groups excluding carboxylic acids is 1. The van der Waals surface area contributed by atoms with Crippen LogP contribution < -0.4 is 0 Å². The molecule has 0 atom stereocenters. The van der Waals surface area contributed by atoms with Gasteiger partial charge in [0.1, 0.15) is 0 Å². The Morgan fingerprint density at radius 3 is 2.85 bits per heavy atom. The van der Waals surface area contributed by atoms with Crippen LogP contribution in [0.1, 0.15) is 12.5 Å². The zero-order chi connectivity index (χ0) is 13.9. The van der Waals surface area contributed by atoms with Crippen molar-refractivity contribution in [3.05, 3.63) is 54.2 Å². The molecule has 0 aliphatic heterocycles. The van der Waals surface area contributed by atoms with Crippen LogP contribution >= 0.6 is 0 Å². The number of fused-ring (bicyclic) bond motifs is 3. The van der Waals surface area contributed by atoms with Crippen molar-refractivity contribution >= 4 is 27.6 Å². The number of rotatable bonds is 3. The summed E-state index contributed by atoms with van der Waals surface area (Å²) in [5.74, 6) is -0.201. The number of aromatic nitrogens is 1. The molecule has 20 heavy (non-hydrogen) atoms. The summed E-state index contributed by atoms with van der Waals surface area (Å²) in [5.41, 5.74) is 1.84. The van der Waals surface area contributed by atoms with Gasteiger partial charge in [0, 0.05) is 17.0 Å². The molecule has 3 heteroatoms. The summed E-state index contributed by atoms with van der Waals surface area (Å²) in [6.07, 6.45) is 2.16. The Morgan fingerprint density at radius 1 is 1.15 bits per heavy atom. The second-order valence-electron chi connectivity index (χ2n) is 4.68. The smallest absolute Gasteiger partial charge is 0.310 e. The molecule has 100 valence electrons. The topological polar surface area (TPSA) is 39.2 Å². The Morgan fingerprint density at radius 2 is 2.00 bits per heavy atom. The second kappa shape index (κ2) is 5.29. The molecule has 0 aliphatic rings. The number of esters is 1. The third-order valence-electron chi connectivity index (χ3n) is 3.31. The SMILES string of the molecule is CCOC(=O)Cc1ccc2c(c1)ncc1ccccc12. The van der Waals surface area contributed by atoms with Gasteiger partial charge in [-0.05, 0) is 23.9 Å². The number of nitrogens with zero attached hydrogens (tertiary/aromatic N) is 1. The fourth-order valence-corrected chi connectivity index (χ4v) is 2.39. The van der Waals surface area contributed by atoms with Gasteiger partial charge in [-0.2, -0.15) is 0 Å². The monoisotopic (exact) mass is 265 g/mol. The number of pyridine rings is 1. The highest BCUT2D eigenvalue weighted by molar-refractivity contribution is 6.05. The first-order valence-electron chi connectivity index (χ1n) is 6.70. The fraction of sp³-hybridized carbons (Fsp3) is 0.176. The third-order valence-corrected chi connectivity index (χ3v) is 3.31. The van der Waals surface area contributed by atoms with Gasteiger partial charge in [0.25, 0.3) is 0 Å². The standard InChI is InChI=1S/C17H15NO2/c1-2-20-17(19)10-12-7-8-15-14-6-4-3-5-13(14)11-18-16(15)9-12/h3-9,11H,2,10H2,1H3. The molecule has 3 aromatic rings. The molecule has 0 aliphatic carbocycles. The first-order chi connectivity index (χ1) is 9.78. The molecule has 1 aromatic heterocycles. The number of ether oxygens (including phenoxy) is 1. The molecular formula is C17H15NO2.